The third-order valence-corrected chi connectivity index (χ3v) is 4.58. The van der Waals surface area contributed by atoms with Crippen LogP contribution in [0.2, 0.25) is 0 Å². The lowest BCUT2D eigenvalue weighted by molar-refractivity contribution is 0.193. The van der Waals surface area contributed by atoms with E-state index < -0.39 is 0 Å². The maximum atomic E-state index is 12.1. The second-order valence-electron chi connectivity index (χ2n) is 7.08. The van der Waals surface area contributed by atoms with Crippen LogP contribution in [0, 0.1) is 5.41 Å². The quantitative estimate of drug-likeness (QED) is 0.216. The molecule has 10 nitrogen and oxygen atoms in total. The van der Waals surface area contributed by atoms with Crippen LogP contribution in [0.25, 0.3) is 0 Å². The van der Waals surface area contributed by atoms with Gasteiger partial charge in [0.05, 0.1) is 18.5 Å². The summed E-state index contributed by atoms with van der Waals surface area (Å²) in [7, 11) is 3.28. The van der Waals surface area contributed by atoms with Gasteiger partial charge in [-0.15, -0.1) is 0 Å². The van der Waals surface area contributed by atoms with Crippen molar-refractivity contribution in [2.24, 2.45) is 5.73 Å². The number of hydrogen-bond acceptors (Lipinski definition) is 7. The fraction of sp³-hybridized carbons (Fsp3) is 0.571. The number of unbranched alkanes of at least 4 members (excludes halogenated alkanes) is 1. The number of carbonyl (C=O) groups is 1. The minimum absolute atomic E-state index is 0. The van der Waals surface area contributed by atoms with Crippen molar-refractivity contribution in [3.05, 3.63) is 28.8 Å². The van der Waals surface area contributed by atoms with Gasteiger partial charge >= 0.3 is 6.03 Å². The Morgan fingerprint density at radius 3 is 2.31 bits per heavy atom. The van der Waals surface area contributed by atoms with Crippen LogP contribution >= 0.6 is 11.9 Å². The lowest BCUT2D eigenvalue weighted by Crippen LogP contribution is -2.25. The topological polar surface area (TPSA) is 185 Å². The zero-order chi connectivity index (χ0) is 23.1. The van der Waals surface area contributed by atoms with Crippen molar-refractivity contribution >= 4 is 29.9 Å². The Hall–Kier alpha value is -2.18. The molecule has 0 radical (unpaired) electrons. The maximum Gasteiger partial charge on any atom is 0.329 e. The Labute approximate surface area is 196 Å². The molecule has 0 spiro atoms. The molecule has 0 aliphatic carbocycles. The van der Waals surface area contributed by atoms with Gasteiger partial charge in [0.15, 0.2) is 0 Å². The molecule has 0 aliphatic heterocycles. The summed E-state index contributed by atoms with van der Waals surface area (Å²) in [5.74, 6) is 0.862. The predicted octanol–water partition coefficient (Wildman–Crippen LogP) is 2.99. The Morgan fingerprint density at radius 2 is 1.88 bits per heavy atom. The summed E-state index contributed by atoms with van der Waals surface area (Å²) in [6, 6.07) is 1.46. The number of pyridine rings is 1. The van der Waals surface area contributed by atoms with Gasteiger partial charge in [-0.05, 0) is 48.7 Å². The third-order valence-electron chi connectivity index (χ3n) is 3.91. The molecule has 186 valence electrons. The average molecular weight is 476 g/mol. The zero-order valence-corrected chi connectivity index (χ0v) is 20.8. The summed E-state index contributed by atoms with van der Waals surface area (Å²) in [6.45, 7) is 13.4. The van der Waals surface area contributed by atoms with Gasteiger partial charge < -0.3 is 36.9 Å². The number of urea groups is 1. The van der Waals surface area contributed by atoms with Crippen LogP contribution in [-0.4, -0.2) is 55.6 Å². The van der Waals surface area contributed by atoms with Gasteiger partial charge in [0.2, 0.25) is 5.88 Å². The highest BCUT2D eigenvalue weighted by atomic mass is 32.2. The average Bonchev–Trinajstić information content (AvgIpc) is 2.72. The van der Waals surface area contributed by atoms with Crippen molar-refractivity contribution in [2.45, 2.75) is 52.4 Å². The number of methoxy groups -OCH3 is 2. The molecule has 1 heterocycles. The molecule has 11 heteroatoms. The van der Waals surface area contributed by atoms with Crippen LogP contribution in [-0.2, 0) is 4.74 Å². The number of carbonyl (C=O) groups excluding carboxylic acids is 1. The first-order valence-corrected chi connectivity index (χ1v) is 10.7. The minimum atomic E-state index is -0.381. The molecule has 32 heavy (non-hydrogen) atoms. The van der Waals surface area contributed by atoms with Gasteiger partial charge in [-0.1, -0.05) is 34.3 Å². The molecule has 0 bridgehead atoms. The summed E-state index contributed by atoms with van der Waals surface area (Å²) < 4.78 is 12.7. The van der Waals surface area contributed by atoms with Crippen molar-refractivity contribution < 1.29 is 25.2 Å². The summed E-state index contributed by atoms with van der Waals surface area (Å²) in [5.41, 5.74) is 7.66. The third kappa shape index (κ3) is 13.3. The number of nitrogens with two attached hydrogens (primary N) is 1. The van der Waals surface area contributed by atoms with E-state index in [-0.39, 0.29) is 28.8 Å². The van der Waals surface area contributed by atoms with E-state index >= 15 is 0 Å². The molecular weight excluding hydrogens is 434 g/mol. The first-order valence-electron chi connectivity index (χ1n) is 9.92. The zero-order valence-electron chi connectivity index (χ0n) is 20.0. The number of amides is 2. The van der Waals surface area contributed by atoms with Crippen LogP contribution < -0.4 is 20.5 Å². The molecule has 0 aliphatic rings. The van der Waals surface area contributed by atoms with E-state index in [1.165, 1.54) is 0 Å². The molecule has 0 aromatic carbocycles. The first-order chi connectivity index (χ1) is 14.2. The summed E-state index contributed by atoms with van der Waals surface area (Å²) >= 11 is 0.995. The van der Waals surface area contributed by atoms with Crippen LogP contribution in [0.5, 0.6) is 5.88 Å². The van der Waals surface area contributed by atoms with Gasteiger partial charge in [0.1, 0.15) is 0 Å². The molecule has 0 atom stereocenters. The van der Waals surface area contributed by atoms with Crippen molar-refractivity contribution in [1.29, 1.82) is 5.41 Å². The number of aromatic nitrogens is 1. The molecule has 1 aromatic heterocycles. The number of anilines is 1. The number of allylic oxidation sites excluding steroid dienone is 1. The summed E-state index contributed by atoms with van der Waals surface area (Å²) in [4.78, 5) is 17.0. The van der Waals surface area contributed by atoms with Gasteiger partial charge in [0, 0.05) is 30.9 Å². The number of nitrogens with zero attached hydrogens (tertiary/aromatic N) is 1. The monoisotopic (exact) mass is 475 g/mol. The molecule has 2 amide bonds. The van der Waals surface area contributed by atoms with Crippen LogP contribution in [0.4, 0.5) is 10.5 Å². The number of nitrogens with one attached hydrogen (secondary N) is 3. The molecule has 0 saturated heterocycles. The molecule has 0 unspecified atom stereocenters. The van der Waals surface area contributed by atoms with Crippen molar-refractivity contribution in [2.75, 3.05) is 32.7 Å². The molecule has 1 aromatic rings. The van der Waals surface area contributed by atoms with Crippen molar-refractivity contribution in [3.63, 3.8) is 0 Å². The largest absolute Gasteiger partial charge is 0.481 e. The molecule has 0 saturated carbocycles. The molecule has 1 rings (SSSR count). The SMILES string of the molecule is C=C(C=N)SNC(=O)Nc1c(C(C)C)cc(OC)nc1C(C)C.COCCCCN.O.O. The fourth-order valence-electron chi connectivity index (χ4n) is 2.35. The summed E-state index contributed by atoms with van der Waals surface area (Å²) in [6.07, 6.45) is 3.25. The minimum Gasteiger partial charge on any atom is -0.481 e. The fourth-order valence-corrected chi connectivity index (χ4v) is 2.68. The van der Waals surface area contributed by atoms with Crippen LogP contribution in [0.3, 0.4) is 0 Å². The van der Waals surface area contributed by atoms with E-state index in [4.69, 9.17) is 20.6 Å². The van der Waals surface area contributed by atoms with E-state index in [9.17, 15) is 4.79 Å². The van der Waals surface area contributed by atoms with Gasteiger partial charge in [0.25, 0.3) is 0 Å². The van der Waals surface area contributed by atoms with E-state index in [0.717, 1.165) is 55.4 Å². The highest BCUT2D eigenvalue weighted by Crippen LogP contribution is 2.34. The van der Waals surface area contributed by atoms with E-state index in [0.29, 0.717) is 16.5 Å². The lowest BCUT2D eigenvalue weighted by atomic mass is 9.97. The molecule has 9 N–H and O–H groups in total. The maximum absolute atomic E-state index is 12.1. The highest BCUT2D eigenvalue weighted by Gasteiger charge is 2.19. The molecular formula is C21H41N5O5S. The van der Waals surface area contributed by atoms with E-state index in [1.807, 2.05) is 33.8 Å². The van der Waals surface area contributed by atoms with E-state index in [2.05, 4.69) is 21.6 Å². The van der Waals surface area contributed by atoms with Gasteiger partial charge in [-0.3, -0.25) is 4.72 Å². The highest BCUT2D eigenvalue weighted by molar-refractivity contribution is 8.02. The Kier molecular flexibility index (Phi) is 21.0. The normalized spacial score (nSPS) is 9.66. The second kappa shape index (κ2) is 19.5. The van der Waals surface area contributed by atoms with E-state index in [1.54, 1.807) is 14.2 Å². The Balaban J connectivity index is -0.000000811. The van der Waals surface area contributed by atoms with Crippen molar-refractivity contribution in [1.82, 2.24) is 9.71 Å². The van der Waals surface area contributed by atoms with Crippen LogP contribution in [0.15, 0.2) is 17.6 Å². The predicted molar refractivity (Wildman–Crippen MR) is 134 cm³/mol. The standard InChI is InChI=1S/C16H24N4O2S.C5H13NO.2H2O/c1-9(2)12-7-13(22-6)18-14(10(3)4)15(12)19-16(21)20-23-11(5)8-17;1-7-5-3-2-4-6;;/h7-10,17H,5H2,1-4,6H3,(H2,19,20,21);2-6H2,1H3;2*1H2. The second-order valence-corrected chi connectivity index (χ2v) is 8.01. The number of ether oxygens (including phenoxy) is 2. The lowest BCUT2D eigenvalue weighted by Gasteiger charge is -2.20. The number of rotatable bonds is 11. The first kappa shape index (κ1) is 34.4. The molecule has 0 fully saturated rings. The van der Waals surface area contributed by atoms with Gasteiger partial charge in [-0.2, -0.15) is 0 Å². The summed E-state index contributed by atoms with van der Waals surface area (Å²) in [5, 5.41) is 9.93. The Morgan fingerprint density at radius 1 is 1.25 bits per heavy atom. The van der Waals surface area contributed by atoms with Crippen molar-refractivity contribution in [3.8, 4) is 5.88 Å². The Bertz CT molecular complexity index is 654. The smallest absolute Gasteiger partial charge is 0.329 e. The number of hydrogen-bond donors (Lipinski definition) is 4. The van der Waals surface area contributed by atoms with Gasteiger partial charge in [-0.25, -0.2) is 9.78 Å². The van der Waals surface area contributed by atoms with Crippen LogP contribution in [0.1, 0.15) is 63.6 Å².